The van der Waals surface area contributed by atoms with Gasteiger partial charge in [-0.1, -0.05) is 30.0 Å². The number of pyridine rings is 1. The number of carbonyl (C=O) groups is 3. The van der Waals surface area contributed by atoms with Gasteiger partial charge in [-0.3, -0.25) is 24.2 Å². The smallest absolute Gasteiger partial charge is 0.416 e. The molecule has 2 fully saturated rings. The van der Waals surface area contributed by atoms with Crippen molar-refractivity contribution in [2.24, 2.45) is 0 Å². The zero-order chi connectivity index (χ0) is 33.5. The van der Waals surface area contributed by atoms with Crippen LogP contribution in [0.2, 0.25) is 0 Å². The summed E-state index contributed by atoms with van der Waals surface area (Å²) < 4.78 is 85.3. The third-order valence-electron chi connectivity index (χ3n) is 6.90. The number of rotatable bonds is 11. The van der Waals surface area contributed by atoms with Gasteiger partial charge in [-0.2, -0.15) is 26.3 Å². The number of hydrogen-bond donors (Lipinski definition) is 2. The number of hydrogen-bond acceptors (Lipinski definition) is 9. The molecule has 2 saturated heterocycles. The lowest BCUT2D eigenvalue weighted by molar-refractivity contribution is -0.144. The minimum Gasteiger partial charge on any atom is -0.464 e. The van der Waals surface area contributed by atoms with Crippen LogP contribution in [0.3, 0.4) is 0 Å². The maximum atomic E-state index is 13.3. The van der Waals surface area contributed by atoms with Gasteiger partial charge >= 0.3 is 18.3 Å². The molecular formula is C29H29F6N5O4S2. The monoisotopic (exact) mass is 689 g/mol. The van der Waals surface area contributed by atoms with Gasteiger partial charge in [0.2, 0.25) is 5.91 Å². The molecule has 0 atom stereocenters. The molecule has 9 nitrogen and oxygen atoms in total. The summed E-state index contributed by atoms with van der Waals surface area (Å²) >= 11 is 6.18. The normalized spacial score (nSPS) is 17.1. The lowest BCUT2D eigenvalue weighted by Crippen LogP contribution is -2.44. The summed E-state index contributed by atoms with van der Waals surface area (Å²) in [4.78, 5) is 44.9. The van der Waals surface area contributed by atoms with Crippen molar-refractivity contribution in [3.05, 3.63) is 58.1 Å². The molecule has 3 heterocycles. The third kappa shape index (κ3) is 9.98. The van der Waals surface area contributed by atoms with Gasteiger partial charge in [0, 0.05) is 57.8 Å². The van der Waals surface area contributed by atoms with E-state index in [1.165, 1.54) is 29.2 Å². The first-order chi connectivity index (χ1) is 21.7. The summed E-state index contributed by atoms with van der Waals surface area (Å²) in [6.45, 7) is 4.45. The lowest BCUT2D eigenvalue weighted by Gasteiger charge is -2.26. The lowest BCUT2D eigenvalue weighted by atomic mass is 10.0. The van der Waals surface area contributed by atoms with Gasteiger partial charge in [0.1, 0.15) is 10.9 Å². The Labute approximate surface area is 269 Å². The predicted molar refractivity (Wildman–Crippen MR) is 162 cm³/mol. The second-order valence-corrected chi connectivity index (χ2v) is 11.9. The number of esters is 1. The van der Waals surface area contributed by atoms with Crippen molar-refractivity contribution < 1.29 is 45.5 Å². The fourth-order valence-electron chi connectivity index (χ4n) is 4.52. The molecule has 1 aromatic carbocycles. The molecule has 4 rings (SSSR count). The zero-order valence-corrected chi connectivity index (χ0v) is 25.8. The van der Waals surface area contributed by atoms with Gasteiger partial charge in [-0.05, 0) is 36.4 Å². The second kappa shape index (κ2) is 15.4. The summed E-state index contributed by atoms with van der Waals surface area (Å²) in [6.07, 6.45) is -8.84. The number of alkyl halides is 6. The Kier molecular flexibility index (Phi) is 11.8. The number of amides is 2. The van der Waals surface area contributed by atoms with E-state index in [1.807, 2.05) is 0 Å². The highest BCUT2D eigenvalue weighted by Gasteiger charge is 2.37. The fourth-order valence-corrected chi connectivity index (χ4v) is 5.82. The van der Waals surface area contributed by atoms with Crippen molar-refractivity contribution in [3.8, 4) is 11.3 Å². The average molecular weight is 690 g/mol. The van der Waals surface area contributed by atoms with Gasteiger partial charge in [-0.15, -0.1) is 0 Å². The molecular weight excluding hydrogens is 660 g/mol. The predicted octanol–water partition coefficient (Wildman–Crippen LogP) is 4.33. The average Bonchev–Trinajstić information content (AvgIpc) is 3.26. The van der Waals surface area contributed by atoms with Crippen molar-refractivity contribution in [2.45, 2.75) is 25.2 Å². The second-order valence-electron chi connectivity index (χ2n) is 10.2. The van der Waals surface area contributed by atoms with Crippen molar-refractivity contribution >= 4 is 52.2 Å². The Hall–Kier alpha value is -3.54. The van der Waals surface area contributed by atoms with E-state index in [4.69, 9.17) is 17.0 Å². The fraction of sp³-hybridized carbons (Fsp3) is 0.414. The maximum absolute atomic E-state index is 13.3. The third-order valence-corrected chi connectivity index (χ3v) is 8.28. The molecule has 2 aliphatic rings. The van der Waals surface area contributed by atoms with E-state index in [0.717, 1.165) is 37.9 Å². The van der Waals surface area contributed by atoms with Crippen LogP contribution in [0.1, 0.15) is 29.7 Å². The van der Waals surface area contributed by atoms with Crippen LogP contribution >= 0.6 is 24.0 Å². The van der Waals surface area contributed by atoms with E-state index in [9.17, 15) is 40.7 Å². The molecule has 0 aliphatic carbocycles. The van der Waals surface area contributed by atoms with Crippen LogP contribution in [0.5, 0.6) is 0 Å². The number of carbonyl (C=O) groups excluding carboxylic acids is 3. The zero-order valence-electron chi connectivity index (χ0n) is 24.2. The number of ether oxygens (including phenoxy) is 1. The molecule has 248 valence electrons. The van der Waals surface area contributed by atoms with Gasteiger partial charge in [0.15, 0.2) is 0 Å². The van der Waals surface area contributed by atoms with Crippen molar-refractivity contribution in [1.29, 1.82) is 0 Å². The minimum absolute atomic E-state index is 0.0127. The summed E-state index contributed by atoms with van der Waals surface area (Å²) in [6, 6.07) is 5.24. The molecule has 0 radical (unpaired) electrons. The Morgan fingerprint density at radius 1 is 1.02 bits per heavy atom. The van der Waals surface area contributed by atoms with Crippen LogP contribution in [-0.4, -0.2) is 89.3 Å². The Balaban J connectivity index is 1.30. The molecule has 46 heavy (non-hydrogen) atoms. The first-order valence-corrected chi connectivity index (χ1v) is 15.3. The highest BCUT2D eigenvalue weighted by Crippen LogP contribution is 2.38. The Bertz CT molecular complexity index is 1460. The van der Waals surface area contributed by atoms with E-state index < -0.39 is 46.8 Å². The van der Waals surface area contributed by atoms with Crippen molar-refractivity contribution in [3.63, 3.8) is 0 Å². The number of piperazine rings is 1. The molecule has 2 N–H and O–H groups in total. The molecule has 1 aromatic heterocycles. The summed E-state index contributed by atoms with van der Waals surface area (Å²) in [5, 5.41) is 5.83. The summed E-state index contributed by atoms with van der Waals surface area (Å²) in [7, 11) is 0. The number of nitrogens with zero attached hydrogens (tertiary/aromatic N) is 3. The van der Waals surface area contributed by atoms with Crippen LogP contribution in [0.15, 0.2) is 41.3 Å². The largest absolute Gasteiger partial charge is 0.464 e. The minimum atomic E-state index is -5.02. The number of aromatic nitrogens is 1. The molecule has 2 amide bonds. The van der Waals surface area contributed by atoms with E-state index in [-0.39, 0.29) is 59.2 Å². The van der Waals surface area contributed by atoms with E-state index in [0.29, 0.717) is 18.7 Å². The summed E-state index contributed by atoms with van der Waals surface area (Å²) in [5.74, 6) is -1.40. The maximum Gasteiger partial charge on any atom is 0.416 e. The van der Waals surface area contributed by atoms with Gasteiger partial charge in [-0.25, -0.2) is 4.98 Å². The highest BCUT2D eigenvalue weighted by atomic mass is 32.2. The molecule has 2 aliphatic heterocycles. The Morgan fingerprint density at radius 2 is 1.70 bits per heavy atom. The van der Waals surface area contributed by atoms with Crippen molar-refractivity contribution in [1.82, 2.24) is 25.4 Å². The van der Waals surface area contributed by atoms with Crippen LogP contribution in [0.4, 0.5) is 26.3 Å². The van der Waals surface area contributed by atoms with Gasteiger partial charge < -0.3 is 15.4 Å². The number of nitrogens with one attached hydrogen (secondary N) is 2. The first kappa shape index (κ1) is 35.3. The topological polar surface area (TPSA) is 104 Å². The molecule has 0 bridgehead atoms. The van der Waals surface area contributed by atoms with Crippen LogP contribution in [0, 0.1) is 0 Å². The molecule has 17 heteroatoms. The number of benzene rings is 1. The van der Waals surface area contributed by atoms with Crippen LogP contribution < -0.4 is 10.6 Å². The Morgan fingerprint density at radius 3 is 2.35 bits per heavy atom. The number of thiocarbonyl (C=S) groups is 1. The van der Waals surface area contributed by atoms with Crippen molar-refractivity contribution in [2.75, 3.05) is 52.4 Å². The van der Waals surface area contributed by atoms with Crippen LogP contribution in [0.25, 0.3) is 17.3 Å². The van der Waals surface area contributed by atoms with E-state index in [2.05, 4.69) is 20.5 Å². The van der Waals surface area contributed by atoms with Gasteiger partial charge in [0.25, 0.3) is 5.91 Å². The number of thioether (sulfide) groups is 1. The molecule has 0 unspecified atom stereocenters. The quantitative estimate of drug-likeness (QED) is 0.155. The first-order valence-electron chi connectivity index (χ1n) is 14.1. The molecule has 0 spiro atoms. The molecule has 2 aromatic rings. The summed E-state index contributed by atoms with van der Waals surface area (Å²) in [5.41, 5.74) is -3.42. The van der Waals surface area contributed by atoms with E-state index >= 15 is 0 Å². The van der Waals surface area contributed by atoms with Gasteiger partial charge in [0.05, 0.1) is 33.8 Å². The number of halogens is 6. The standard InChI is InChI=1S/C29H29F6N5O4S2/c30-28(31,32)19-14-18(15-20(16-19)29(33,34)35)22-3-1-2-21(38-22)17-23-26(43)40(27(45)46-23)9-5-24(41)37-6-4-25(42)44-13-12-39-10-7-36-8-11-39/h1-3,14-17,36H,4-13H2,(H,37,41). The SMILES string of the molecule is O=C(CCN1C(=O)C(=Cc2cccc(-c3cc(C(F)(F)F)cc(C(F)(F)F)c3)n2)SC1=S)NCCC(=O)OCCN1CCNCC1. The highest BCUT2D eigenvalue weighted by molar-refractivity contribution is 8.26. The van der Waals surface area contributed by atoms with E-state index in [1.54, 1.807) is 0 Å². The molecule has 0 saturated carbocycles. The van der Waals surface area contributed by atoms with Crippen LogP contribution in [-0.2, 0) is 31.5 Å².